The molecular formula is C23H30N4O. The number of nitrogens with one attached hydrogen (secondary N) is 2. The van der Waals surface area contributed by atoms with Crippen LogP contribution in [0.1, 0.15) is 53.6 Å². The largest absolute Gasteiger partial charge is 0.366 e. The fraction of sp³-hybridized carbons (Fsp3) is 0.391. The van der Waals surface area contributed by atoms with E-state index < -0.39 is 5.91 Å². The number of aryl methyl sites for hydroxylation is 1. The summed E-state index contributed by atoms with van der Waals surface area (Å²) in [7, 11) is 0. The lowest BCUT2D eigenvalue weighted by Gasteiger charge is -2.23. The molecule has 5 heteroatoms. The molecule has 0 aliphatic heterocycles. The summed E-state index contributed by atoms with van der Waals surface area (Å²) in [5, 5.41) is 6.93. The predicted molar refractivity (Wildman–Crippen MR) is 115 cm³/mol. The van der Waals surface area contributed by atoms with E-state index in [0.29, 0.717) is 18.0 Å². The molecule has 0 spiro atoms. The van der Waals surface area contributed by atoms with Crippen molar-refractivity contribution < 1.29 is 4.79 Å². The zero-order chi connectivity index (χ0) is 19.8. The van der Waals surface area contributed by atoms with E-state index in [0.717, 1.165) is 23.8 Å². The molecular weight excluding hydrogens is 348 g/mol. The summed E-state index contributed by atoms with van der Waals surface area (Å²) < 4.78 is 0. The Bertz CT molecular complexity index is 790. The normalized spacial score (nSPS) is 15.2. The number of nitrogens with zero attached hydrogens (tertiary/aromatic N) is 1. The summed E-state index contributed by atoms with van der Waals surface area (Å²) in [6.07, 6.45) is 6.60. The first-order valence-electron chi connectivity index (χ1n) is 10.1. The Hall–Kier alpha value is -2.82. The monoisotopic (exact) mass is 378 g/mol. The number of guanidine groups is 1. The van der Waals surface area contributed by atoms with Crippen molar-refractivity contribution in [2.75, 3.05) is 11.9 Å². The average molecular weight is 379 g/mol. The summed E-state index contributed by atoms with van der Waals surface area (Å²) in [5.41, 5.74) is 9.10. The summed E-state index contributed by atoms with van der Waals surface area (Å²) in [6.45, 7) is 3.55. The van der Waals surface area contributed by atoms with Crippen molar-refractivity contribution in [1.29, 1.82) is 0 Å². The number of carbonyl (C=O) groups excluding carboxylic acids is 1. The number of nitrogens with two attached hydrogens (primary N) is 1. The van der Waals surface area contributed by atoms with Crippen LogP contribution in [0.2, 0.25) is 0 Å². The lowest BCUT2D eigenvalue weighted by molar-refractivity contribution is 0.100. The van der Waals surface area contributed by atoms with E-state index >= 15 is 0 Å². The Labute approximate surface area is 167 Å². The van der Waals surface area contributed by atoms with E-state index in [-0.39, 0.29) is 0 Å². The van der Waals surface area contributed by atoms with Gasteiger partial charge in [0.2, 0.25) is 5.91 Å². The molecule has 0 saturated heterocycles. The van der Waals surface area contributed by atoms with Crippen LogP contribution in [0, 0.1) is 12.8 Å². The number of rotatable bonds is 6. The van der Waals surface area contributed by atoms with Crippen LogP contribution in [-0.2, 0) is 6.54 Å². The Balaban J connectivity index is 1.66. The standard InChI is InChI=1S/C23H30N4O/c1-17-7-13-21(14-8-17)27-23(25-15-18-5-3-2-4-6-18)26-16-19-9-11-20(12-10-19)22(24)28/h7-14,18H,2-6,15-16H2,1H3,(H2,24,28)(H2,25,26,27). The van der Waals surface area contributed by atoms with E-state index in [4.69, 9.17) is 10.7 Å². The number of hydrogen-bond donors (Lipinski definition) is 3. The van der Waals surface area contributed by atoms with Crippen LogP contribution in [0.3, 0.4) is 0 Å². The van der Waals surface area contributed by atoms with Crippen LogP contribution in [0.4, 0.5) is 5.69 Å². The third kappa shape index (κ3) is 6.12. The number of amides is 1. The first-order valence-corrected chi connectivity index (χ1v) is 10.1. The van der Waals surface area contributed by atoms with Gasteiger partial charge in [-0.15, -0.1) is 0 Å². The Morgan fingerprint density at radius 3 is 2.36 bits per heavy atom. The molecule has 148 valence electrons. The smallest absolute Gasteiger partial charge is 0.248 e. The first-order chi connectivity index (χ1) is 13.6. The molecule has 1 amide bonds. The van der Waals surface area contributed by atoms with Crippen LogP contribution >= 0.6 is 0 Å². The SMILES string of the molecule is Cc1ccc(NC(=NCc2ccc(C(N)=O)cc2)NCC2CCCCC2)cc1. The Morgan fingerprint density at radius 2 is 1.71 bits per heavy atom. The van der Waals surface area contributed by atoms with Gasteiger partial charge in [-0.3, -0.25) is 4.79 Å². The molecule has 0 aromatic heterocycles. The molecule has 2 aromatic carbocycles. The molecule has 0 heterocycles. The maximum atomic E-state index is 11.2. The molecule has 4 N–H and O–H groups in total. The Morgan fingerprint density at radius 1 is 1.04 bits per heavy atom. The van der Waals surface area contributed by atoms with Crippen molar-refractivity contribution in [3.63, 3.8) is 0 Å². The summed E-state index contributed by atoms with van der Waals surface area (Å²) >= 11 is 0. The fourth-order valence-electron chi connectivity index (χ4n) is 3.49. The van der Waals surface area contributed by atoms with Crippen molar-refractivity contribution in [3.8, 4) is 0 Å². The minimum atomic E-state index is -0.411. The van der Waals surface area contributed by atoms with Crippen molar-refractivity contribution in [1.82, 2.24) is 5.32 Å². The van der Waals surface area contributed by atoms with E-state index in [1.165, 1.54) is 37.7 Å². The quantitative estimate of drug-likeness (QED) is 0.520. The summed E-state index contributed by atoms with van der Waals surface area (Å²) in [4.78, 5) is 16.0. The molecule has 0 atom stereocenters. The van der Waals surface area contributed by atoms with Gasteiger partial charge in [-0.2, -0.15) is 0 Å². The molecule has 0 radical (unpaired) electrons. The zero-order valence-electron chi connectivity index (χ0n) is 16.6. The number of primary amides is 1. The minimum Gasteiger partial charge on any atom is -0.366 e. The third-order valence-corrected chi connectivity index (χ3v) is 5.26. The molecule has 1 aliphatic rings. The van der Waals surface area contributed by atoms with Crippen LogP contribution in [0.5, 0.6) is 0 Å². The van der Waals surface area contributed by atoms with E-state index in [1.54, 1.807) is 12.1 Å². The second kappa shape index (κ2) is 9.93. The summed E-state index contributed by atoms with van der Waals surface area (Å²) in [6, 6.07) is 15.6. The molecule has 2 aromatic rings. The van der Waals surface area contributed by atoms with Crippen LogP contribution < -0.4 is 16.4 Å². The maximum Gasteiger partial charge on any atom is 0.248 e. The van der Waals surface area contributed by atoms with Gasteiger partial charge in [-0.05, 0) is 55.5 Å². The lowest BCUT2D eigenvalue weighted by Crippen LogP contribution is -2.35. The molecule has 0 unspecified atom stereocenters. The third-order valence-electron chi connectivity index (χ3n) is 5.26. The van der Waals surface area contributed by atoms with E-state index in [2.05, 4.69) is 41.8 Å². The van der Waals surface area contributed by atoms with Gasteiger partial charge in [0.05, 0.1) is 6.54 Å². The second-order valence-electron chi connectivity index (χ2n) is 7.60. The van der Waals surface area contributed by atoms with Crippen LogP contribution in [-0.4, -0.2) is 18.4 Å². The van der Waals surface area contributed by atoms with Gasteiger partial charge in [0.1, 0.15) is 0 Å². The van der Waals surface area contributed by atoms with E-state index in [1.807, 2.05) is 12.1 Å². The molecule has 1 aliphatic carbocycles. The molecule has 0 bridgehead atoms. The minimum absolute atomic E-state index is 0.411. The van der Waals surface area contributed by atoms with Gasteiger partial charge in [0.15, 0.2) is 5.96 Å². The van der Waals surface area contributed by atoms with Crippen molar-refractivity contribution >= 4 is 17.6 Å². The second-order valence-corrected chi connectivity index (χ2v) is 7.60. The number of carbonyl (C=O) groups is 1. The number of aliphatic imine (C=N–C) groups is 1. The molecule has 28 heavy (non-hydrogen) atoms. The fourth-order valence-corrected chi connectivity index (χ4v) is 3.49. The van der Waals surface area contributed by atoms with Crippen molar-refractivity contribution in [2.45, 2.75) is 45.6 Å². The number of anilines is 1. The van der Waals surface area contributed by atoms with Crippen LogP contribution in [0.25, 0.3) is 0 Å². The van der Waals surface area contributed by atoms with E-state index in [9.17, 15) is 4.79 Å². The highest BCUT2D eigenvalue weighted by Gasteiger charge is 2.14. The van der Waals surface area contributed by atoms with Gasteiger partial charge >= 0.3 is 0 Å². The Kier molecular flexibility index (Phi) is 7.06. The molecule has 5 nitrogen and oxygen atoms in total. The molecule has 3 rings (SSSR count). The van der Waals surface area contributed by atoms with Crippen LogP contribution in [0.15, 0.2) is 53.5 Å². The highest BCUT2D eigenvalue weighted by molar-refractivity contribution is 5.94. The molecule has 1 saturated carbocycles. The highest BCUT2D eigenvalue weighted by Crippen LogP contribution is 2.22. The van der Waals surface area contributed by atoms with Gasteiger partial charge in [0.25, 0.3) is 0 Å². The average Bonchev–Trinajstić information content (AvgIpc) is 2.72. The number of benzene rings is 2. The van der Waals surface area contributed by atoms with Gasteiger partial charge < -0.3 is 16.4 Å². The van der Waals surface area contributed by atoms with Crippen molar-refractivity contribution in [3.05, 3.63) is 65.2 Å². The summed E-state index contributed by atoms with van der Waals surface area (Å²) in [5.74, 6) is 1.09. The van der Waals surface area contributed by atoms with Gasteiger partial charge in [-0.25, -0.2) is 4.99 Å². The predicted octanol–water partition coefficient (Wildman–Crippen LogP) is 4.23. The topological polar surface area (TPSA) is 79.5 Å². The zero-order valence-corrected chi connectivity index (χ0v) is 16.6. The molecule has 1 fully saturated rings. The van der Waals surface area contributed by atoms with Crippen molar-refractivity contribution in [2.24, 2.45) is 16.6 Å². The maximum absolute atomic E-state index is 11.2. The van der Waals surface area contributed by atoms with Gasteiger partial charge in [-0.1, -0.05) is 49.1 Å². The first kappa shape index (κ1) is 19.9. The van der Waals surface area contributed by atoms with Gasteiger partial charge in [0, 0.05) is 17.8 Å². The number of hydrogen-bond acceptors (Lipinski definition) is 2. The highest BCUT2D eigenvalue weighted by atomic mass is 16.1. The lowest BCUT2D eigenvalue weighted by atomic mass is 9.89.